The van der Waals surface area contributed by atoms with E-state index in [1.54, 1.807) is 64.2 Å². The number of carbonyl (C=O) groups excluding carboxylic acids is 1. The van der Waals surface area contributed by atoms with Crippen LogP contribution in [-0.2, 0) is 11.4 Å². The molecule has 0 saturated carbocycles. The van der Waals surface area contributed by atoms with Crippen LogP contribution in [0.1, 0.15) is 56.1 Å². The third-order valence-corrected chi connectivity index (χ3v) is 3.50. The molecule has 1 aromatic carbocycles. The number of hydrogen-bond donors (Lipinski definition) is 1. The number of rotatable bonds is 4. The predicted octanol–water partition coefficient (Wildman–Crippen LogP) is 4.54. The second-order valence-electron chi connectivity index (χ2n) is 6.77. The Morgan fingerprint density at radius 2 is 1.96 bits per heavy atom. The van der Waals surface area contributed by atoms with Crippen molar-refractivity contribution in [3.8, 4) is 11.8 Å². The van der Waals surface area contributed by atoms with Crippen molar-refractivity contribution < 1.29 is 13.9 Å². The first-order valence-electron chi connectivity index (χ1n) is 8.36. The van der Waals surface area contributed by atoms with E-state index in [1.807, 2.05) is 6.07 Å². The zero-order chi connectivity index (χ0) is 19.2. The number of alkyl halides is 1. The Kier molecular flexibility index (Phi) is 6.35. The molecule has 1 amide bonds. The van der Waals surface area contributed by atoms with Crippen LogP contribution in [0.5, 0.6) is 0 Å². The standard InChI is InChI=1S/C21H23FN2O2/c1-5-7-16-8-6-13-23-18(16)19(24-20(25)26-21(2,3)4)17-11-9-15(14-22)10-12-17/h6,8-13,19H,14H2,1-4H3,(H,24,25)/t19-/m0/s1. The van der Waals surface area contributed by atoms with Crippen LogP contribution in [-0.4, -0.2) is 16.7 Å². The summed E-state index contributed by atoms with van der Waals surface area (Å²) in [4.78, 5) is 16.8. The number of amides is 1. The van der Waals surface area contributed by atoms with Gasteiger partial charge in [0, 0.05) is 11.8 Å². The lowest BCUT2D eigenvalue weighted by molar-refractivity contribution is 0.0511. The Balaban J connectivity index is 2.44. The summed E-state index contributed by atoms with van der Waals surface area (Å²) in [6.45, 7) is 6.59. The molecule has 0 saturated heterocycles. The van der Waals surface area contributed by atoms with Gasteiger partial charge in [-0.2, -0.15) is 0 Å². The van der Waals surface area contributed by atoms with Crippen molar-refractivity contribution in [3.63, 3.8) is 0 Å². The fourth-order valence-corrected chi connectivity index (χ4v) is 2.42. The van der Waals surface area contributed by atoms with E-state index in [2.05, 4.69) is 22.1 Å². The van der Waals surface area contributed by atoms with Gasteiger partial charge in [0.15, 0.2) is 0 Å². The molecule has 26 heavy (non-hydrogen) atoms. The first-order valence-corrected chi connectivity index (χ1v) is 8.36. The lowest BCUT2D eigenvalue weighted by Gasteiger charge is -2.24. The van der Waals surface area contributed by atoms with Gasteiger partial charge in [-0.1, -0.05) is 30.2 Å². The summed E-state index contributed by atoms with van der Waals surface area (Å²) in [7, 11) is 0. The lowest BCUT2D eigenvalue weighted by Crippen LogP contribution is -2.36. The molecule has 1 heterocycles. The first-order chi connectivity index (χ1) is 12.3. The molecule has 0 unspecified atom stereocenters. The molecular weight excluding hydrogens is 331 g/mol. The maximum Gasteiger partial charge on any atom is 0.408 e. The summed E-state index contributed by atoms with van der Waals surface area (Å²) in [6, 6.07) is 10.00. The Labute approximate surface area is 153 Å². The molecule has 0 spiro atoms. The van der Waals surface area contributed by atoms with Gasteiger partial charge in [-0.3, -0.25) is 4.98 Å². The van der Waals surface area contributed by atoms with Crippen LogP contribution in [0.2, 0.25) is 0 Å². The van der Waals surface area contributed by atoms with Crippen LogP contribution >= 0.6 is 0 Å². The minimum absolute atomic E-state index is 0.541. The van der Waals surface area contributed by atoms with E-state index in [0.717, 1.165) is 5.56 Å². The van der Waals surface area contributed by atoms with Gasteiger partial charge < -0.3 is 10.1 Å². The van der Waals surface area contributed by atoms with E-state index in [-0.39, 0.29) is 0 Å². The van der Waals surface area contributed by atoms with Crippen molar-refractivity contribution >= 4 is 6.09 Å². The maximum absolute atomic E-state index is 12.8. The second-order valence-corrected chi connectivity index (χ2v) is 6.77. The molecule has 1 N–H and O–H groups in total. The van der Waals surface area contributed by atoms with Gasteiger partial charge in [0.2, 0.25) is 0 Å². The molecule has 0 aliphatic rings. The van der Waals surface area contributed by atoms with Crippen LogP contribution in [0.3, 0.4) is 0 Å². The normalized spacial score (nSPS) is 11.9. The van der Waals surface area contributed by atoms with E-state index in [0.29, 0.717) is 16.8 Å². The molecule has 136 valence electrons. The third-order valence-electron chi connectivity index (χ3n) is 3.50. The zero-order valence-corrected chi connectivity index (χ0v) is 15.5. The van der Waals surface area contributed by atoms with Gasteiger partial charge in [-0.05, 0) is 51.0 Å². The number of halogens is 1. The molecular formula is C21H23FN2O2. The Hall–Kier alpha value is -2.87. The smallest absolute Gasteiger partial charge is 0.408 e. The van der Waals surface area contributed by atoms with Crippen molar-refractivity contribution in [2.24, 2.45) is 0 Å². The molecule has 2 aromatic rings. The summed E-state index contributed by atoms with van der Waals surface area (Å²) in [5.41, 5.74) is 2.04. The van der Waals surface area contributed by atoms with Crippen LogP contribution < -0.4 is 5.32 Å². The third kappa shape index (κ3) is 5.32. The number of hydrogen-bond acceptors (Lipinski definition) is 3. The highest BCUT2D eigenvalue weighted by molar-refractivity contribution is 5.69. The van der Waals surface area contributed by atoms with E-state index >= 15 is 0 Å². The fraction of sp³-hybridized carbons (Fsp3) is 0.333. The summed E-state index contributed by atoms with van der Waals surface area (Å²) in [6.07, 6.45) is 1.09. The Bertz CT molecular complexity index is 814. The van der Waals surface area contributed by atoms with Crippen molar-refractivity contribution in [1.82, 2.24) is 10.3 Å². The SMILES string of the molecule is CC#Cc1cccnc1[C@@H](NC(=O)OC(C)(C)C)c1ccc(CF)cc1. The quantitative estimate of drug-likeness (QED) is 0.820. The first kappa shape index (κ1) is 19.5. The molecule has 4 nitrogen and oxygen atoms in total. The number of nitrogens with zero attached hydrogens (tertiary/aromatic N) is 1. The van der Waals surface area contributed by atoms with Gasteiger partial charge in [-0.15, -0.1) is 5.92 Å². The Morgan fingerprint density at radius 3 is 2.54 bits per heavy atom. The van der Waals surface area contributed by atoms with Crippen molar-refractivity contribution in [2.75, 3.05) is 0 Å². The number of ether oxygens (including phenoxy) is 1. The summed E-state index contributed by atoms with van der Waals surface area (Å²) in [5.74, 6) is 5.86. The highest BCUT2D eigenvalue weighted by Gasteiger charge is 2.24. The highest BCUT2D eigenvalue weighted by Crippen LogP contribution is 2.24. The molecule has 0 radical (unpaired) electrons. The summed E-state index contributed by atoms with van der Waals surface area (Å²) in [5, 5.41) is 2.86. The molecule has 0 fully saturated rings. The summed E-state index contributed by atoms with van der Waals surface area (Å²) < 4.78 is 18.2. The number of benzene rings is 1. The van der Waals surface area contributed by atoms with E-state index in [1.165, 1.54) is 0 Å². The number of alkyl carbamates (subject to hydrolysis) is 1. The molecule has 1 aromatic heterocycles. The second kappa shape index (κ2) is 8.48. The molecule has 5 heteroatoms. The monoisotopic (exact) mass is 354 g/mol. The fourth-order valence-electron chi connectivity index (χ4n) is 2.42. The minimum Gasteiger partial charge on any atom is -0.444 e. The maximum atomic E-state index is 12.8. The van der Waals surface area contributed by atoms with Crippen LogP contribution in [0.4, 0.5) is 9.18 Å². The van der Waals surface area contributed by atoms with Crippen molar-refractivity contribution in [1.29, 1.82) is 0 Å². The molecule has 1 atom stereocenters. The van der Waals surface area contributed by atoms with Gasteiger partial charge in [0.1, 0.15) is 18.3 Å². The number of carbonyl (C=O) groups is 1. The van der Waals surface area contributed by atoms with Gasteiger partial charge in [0.05, 0.1) is 5.69 Å². The summed E-state index contributed by atoms with van der Waals surface area (Å²) >= 11 is 0. The number of aromatic nitrogens is 1. The molecule has 2 rings (SSSR count). The average Bonchev–Trinajstić information content (AvgIpc) is 2.59. The van der Waals surface area contributed by atoms with Crippen LogP contribution in [0, 0.1) is 11.8 Å². The van der Waals surface area contributed by atoms with Crippen LogP contribution in [0.25, 0.3) is 0 Å². The van der Waals surface area contributed by atoms with Crippen molar-refractivity contribution in [3.05, 3.63) is 65.0 Å². The average molecular weight is 354 g/mol. The van der Waals surface area contributed by atoms with E-state index in [9.17, 15) is 9.18 Å². The highest BCUT2D eigenvalue weighted by atomic mass is 19.1. The lowest BCUT2D eigenvalue weighted by atomic mass is 9.98. The predicted molar refractivity (Wildman–Crippen MR) is 99.3 cm³/mol. The largest absolute Gasteiger partial charge is 0.444 e. The van der Waals surface area contributed by atoms with Crippen molar-refractivity contribution in [2.45, 2.75) is 46.0 Å². The van der Waals surface area contributed by atoms with Gasteiger partial charge in [-0.25, -0.2) is 9.18 Å². The number of pyridine rings is 1. The molecule has 0 aliphatic carbocycles. The molecule has 0 aliphatic heterocycles. The van der Waals surface area contributed by atoms with Crippen LogP contribution in [0.15, 0.2) is 42.6 Å². The zero-order valence-electron chi connectivity index (χ0n) is 15.5. The Morgan fingerprint density at radius 1 is 1.27 bits per heavy atom. The van der Waals surface area contributed by atoms with E-state index < -0.39 is 24.4 Å². The van der Waals surface area contributed by atoms with Gasteiger partial charge in [0.25, 0.3) is 0 Å². The topological polar surface area (TPSA) is 51.2 Å². The van der Waals surface area contributed by atoms with E-state index in [4.69, 9.17) is 4.74 Å². The number of nitrogens with one attached hydrogen (secondary N) is 1. The van der Waals surface area contributed by atoms with Gasteiger partial charge >= 0.3 is 6.09 Å². The molecule has 0 bridgehead atoms. The minimum atomic E-state index is -0.622.